The van der Waals surface area contributed by atoms with Crippen LogP contribution in [0.4, 0.5) is 0 Å². The number of Topliss-reactive ketones (excluding diaryl/α,β-unsaturated/α-hetero) is 1. The summed E-state index contributed by atoms with van der Waals surface area (Å²) in [5.74, 6) is -1.66. The first-order valence-corrected chi connectivity index (χ1v) is 7.68. The van der Waals surface area contributed by atoms with E-state index in [-0.39, 0.29) is 18.1 Å². The summed E-state index contributed by atoms with van der Waals surface area (Å²) in [6, 6.07) is 6.56. The molecule has 0 saturated heterocycles. The van der Waals surface area contributed by atoms with E-state index in [1.54, 1.807) is 24.3 Å². The predicted molar refractivity (Wildman–Crippen MR) is 72.6 cm³/mol. The minimum atomic E-state index is -3.58. The summed E-state index contributed by atoms with van der Waals surface area (Å²) in [6.07, 6.45) is 0. The SMILES string of the molecule is COC(=O)CS(=O)(=O)CCOc1ccccc1C(C)=O. The largest absolute Gasteiger partial charge is 0.492 e. The zero-order valence-electron chi connectivity index (χ0n) is 11.3. The van der Waals surface area contributed by atoms with E-state index in [9.17, 15) is 18.0 Å². The Kier molecular flexibility index (Phi) is 5.69. The van der Waals surface area contributed by atoms with Crippen LogP contribution < -0.4 is 4.74 Å². The van der Waals surface area contributed by atoms with E-state index in [0.717, 1.165) is 7.11 Å². The molecule has 0 aromatic heterocycles. The van der Waals surface area contributed by atoms with Crippen molar-refractivity contribution in [3.63, 3.8) is 0 Å². The Labute approximate surface area is 117 Å². The summed E-state index contributed by atoms with van der Waals surface area (Å²) >= 11 is 0. The number of sulfone groups is 1. The van der Waals surface area contributed by atoms with Gasteiger partial charge in [-0.3, -0.25) is 9.59 Å². The van der Waals surface area contributed by atoms with E-state index >= 15 is 0 Å². The predicted octanol–water partition coefficient (Wildman–Crippen LogP) is 0.856. The molecule has 0 aliphatic rings. The van der Waals surface area contributed by atoms with Gasteiger partial charge in [-0.25, -0.2) is 8.42 Å². The minimum Gasteiger partial charge on any atom is -0.492 e. The third-order valence-corrected chi connectivity index (χ3v) is 3.95. The Bertz CT molecular complexity index is 591. The quantitative estimate of drug-likeness (QED) is 0.548. The average Bonchev–Trinajstić information content (AvgIpc) is 2.38. The molecule has 0 spiro atoms. The lowest BCUT2D eigenvalue weighted by Crippen LogP contribution is -2.23. The topological polar surface area (TPSA) is 86.7 Å². The van der Waals surface area contributed by atoms with E-state index in [1.165, 1.54) is 6.92 Å². The summed E-state index contributed by atoms with van der Waals surface area (Å²) in [6.45, 7) is 1.26. The highest BCUT2D eigenvalue weighted by Crippen LogP contribution is 2.18. The first kappa shape index (κ1) is 16.2. The third-order valence-electron chi connectivity index (χ3n) is 2.48. The van der Waals surface area contributed by atoms with Crippen molar-refractivity contribution in [2.75, 3.05) is 25.2 Å². The second-order valence-corrected chi connectivity index (χ2v) is 6.25. The van der Waals surface area contributed by atoms with E-state index in [0.29, 0.717) is 11.3 Å². The molecule has 1 aromatic carbocycles. The van der Waals surface area contributed by atoms with Gasteiger partial charge in [0.1, 0.15) is 18.1 Å². The highest BCUT2D eigenvalue weighted by atomic mass is 32.2. The maximum Gasteiger partial charge on any atom is 0.320 e. The fourth-order valence-corrected chi connectivity index (χ4v) is 2.43. The number of benzene rings is 1. The molecule has 1 aromatic rings. The van der Waals surface area contributed by atoms with Gasteiger partial charge in [-0.2, -0.15) is 0 Å². The highest BCUT2D eigenvalue weighted by molar-refractivity contribution is 7.92. The van der Waals surface area contributed by atoms with Crippen LogP contribution in [0.15, 0.2) is 24.3 Å². The van der Waals surface area contributed by atoms with Crippen LogP contribution in [0.1, 0.15) is 17.3 Å². The molecule has 6 nitrogen and oxygen atoms in total. The van der Waals surface area contributed by atoms with Gasteiger partial charge in [0, 0.05) is 0 Å². The lowest BCUT2D eigenvalue weighted by atomic mass is 10.1. The molecule has 0 aliphatic heterocycles. The fourth-order valence-electron chi connectivity index (χ4n) is 1.47. The van der Waals surface area contributed by atoms with Crippen LogP contribution in [0.2, 0.25) is 0 Å². The van der Waals surface area contributed by atoms with Crippen molar-refractivity contribution in [2.24, 2.45) is 0 Å². The van der Waals surface area contributed by atoms with E-state index in [4.69, 9.17) is 4.74 Å². The smallest absolute Gasteiger partial charge is 0.320 e. The minimum absolute atomic E-state index is 0.135. The fraction of sp³-hybridized carbons (Fsp3) is 0.385. The van der Waals surface area contributed by atoms with Crippen LogP contribution in [0.3, 0.4) is 0 Å². The molecule has 0 bridgehead atoms. The number of hydrogen-bond acceptors (Lipinski definition) is 6. The van der Waals surface area contributed by atoms with Crippen molar-refractivity contribution >= 4 is 21.6 Å². The second-order valence-electron chi connectivity index (χ2n) is 4.07. The highest BCUT2D eigenvalue weighted by Gasteiger charge is 2.17. The number of rotatable bonds is 7. The molecule has 0 aliphatic carbocycles. The Morgan fingerprint density at radius 2 is 1.85 bits per heavy atom. The van der Waals surface area contributed by atoms with Crippen molar-refractivity contribution in [1.82, 2.24) is 0 Å². The van der Waals surface area contributed by atoms with Crippen molar-refractivity contribution in [2.45, 2.75) is 6.92 Å². The van der Waals surface area contributed by atoms with Crippen LogP contribution in [-0.2, 0) is 19.4 Å². The van der Waals surface area contributed by atoms with Crippen molar-refractivity contribution in [1.29, 1.82) is 0 Å². The molecule has 0 saturated carbocycles. The van der Waals surface area contributed by atoms with Crippen LogP contribution >= 0.6 is 0 Å². The van der Waals surface area contributed by atoms with E-state index in [1.807, 2.05) is 0 Å². The van der Waals surface area contributed by atoms with Gasteiger partial charge < -0.3 is 9.47 Å². The zero-order chi connectivity index (χ0) is 15.2. The molecule has 7 heteroatoms. The molecule has 0 heterocycles. The normalized spacial score (nSPS) is 10.9. The number of carbonyl (C=O) groups is 2. The molecule has 0 radical (unpaired) electrons. The summed E-state index contributed by atoms with van der Waals surface area (Å²) < 4.78 is 32.7. The van der Waals surface area contributed by atoms with Gasteiger partial charge in [-0.1, -0.05) is 12.1 Å². The molecule has 0 unspecified atom stereocenters. The van der Waals surface area contributed by atoms with Gasteiger partial charge in [0.15, 0.2) is 15.6 Å². The Balaban J connectivity index is 2.61. The van der Waals surface area contributed by atoms with Crippen LogP contribution in [-0.4, -0.2) is 45.4 Å². The van der Waals surface area contributed by atoms with Gasteiger partial charge in [0.05, 0.1) is 18.4 Å². The summed E-state index contributed by atoms with van der Waals surface area (Å²) in [5.41, 5.74) is 0.387. The maximum atomic E-state index is 11.6. The molecule has 0 atom stereocenters. The molecule has 0 fully saturated rings. The number of esters is 1. The lowest BCUT2D eigenvalue weighted by Gasteiger charge is -2.09. The third kappa shape index (κ3) is 5.00. The molecule has 0 N–H and O–H groups in total. The average molecular weight is 300 g/mol. The lowest BCUT2D eigenvalue weighted by molar-refractivity contribution is -0.137. The van der Waals surface area contributed by atoms with Gasteiger partial charge in [0.2, 0.25) is 0 Å². The number of methoxy groups -OCH3 is 1. The molecule has 1 rings (SSSR count). The van der Waals surface area contributed by atoms with Crippen molar-refractivity contribution in [3.8, 4) is 5.75 Å². The van der Waals surface area contributed by atoms with Crippen LogP contribution in [0, 0.1) is 0 Å². The maximum absolute atomic E-state index is 11.6. The summed E-state index contributed by atoms with van der Waals surface area (Å²) in [5, 5.41) is 0. The number of ketones is 1. The Morgan fingerprint density at radius 1 is 1.20 bits per heavy atom. The molecular weight excluding hydrogens is 284 g/mol. The van der Waals surface area contributed by atoms with Crippen LogP contribution in [0.25, 0.3) is 0 Å². The molecule has 20 heavy (non-hydrogen) atoms. The van der Waals surface area contributed by atoms with Crippen LogP contribution in [0.5, 0.6) is 5.75 Å². The van der Waals surface area contributed by atoms with Gasteiger partial charge >= 0.3 is 5.97 Å². The molecule has 110 valence electrons. The number of ether oxygens (including phenoxy) is 2. The molecular formula is C13H16O6S. The van der Waals surface area contributed by atoms with Crippen molar-refractivity contribution < 1.29 is 27.5 Å². The molecule has 0 amide bonds. The van der Waals surface area contributed by atoms with Gasteiger partial charge in [-0.05, 0) is 19.1 Å². The van der Waals surface area contributed by atoms with Gasteiger partial charge in [-0.15, -0.1) is 0 Å². The number of para-hydroxylation sites is 1. The standard InChI is InChI=1S/C13H16O6S/c1-10(14)11-5-3-4-6-12(11)19-7-8-20(16,17)9-13(15)18-2/h3-6H,7-9H2,1-2H3. The first-order valence-electron chi connectivity index (χ1n) is 5.86. The second kappa shape index (κ2) is 7.04. The van der Waals surface area contributed by atoms with Crippen molar-refractivity contribution in [3.05, 3.63) is 29.8 Å². The number of carbonyl (C=O) groups excluding carboxylic acids is 2. The summed E-state index contributed by atoms with van der Waals surface area (Å²) in [4.78, 5) is 22.3. The Morgan fingerprint density at radius 3 is 2.45 bits per heavy atom. The zero-order valence-corrected chi connectivity index (χ0v) is 12.1. The first-order chi connectivity index (χ1) is 9.35. The van der Waals surface area contributed by atoms with E-state index < -0.39 is 21.6 Å². The summed E-state index contributed by atoms with van der Waals surface area (Å²) in [7, 11) is -2.46. The Hall–Kier alpha value is -1.89. The van der Waals surface area contributed by atoms with E-state index in [2.05, 4.69) is 4.74 Å². The number of hydrogen-bond donors (Lipinski definition) is 0. The monoisotopic (exact) mass is 300 g/mol. The van der Waals surface area contributed by atoms with Gasteiger partial charge in [0.25, 0.3) is 0 Å².